The highest BCUT2D eigenvalue weighted by Gasteiger charge is 2.22. The number of hydrogen-bond acceptors (Lipinski definition) is 9. The van der Waals surface area contributed by atoms with Crippen molar-refractivity contribution >= 4 is 29.7 Å². The molecule has 0 aromatic carbocycles. The van der Waals surface area contributed by atoms with Crippen LogP contribution in [-0.4, -0.2) is 138 Å². The summed E-state index contributed by atoms with van der Waals surface area (Å²) >= 11 is 0. The number of ether oxygens (including phenoxy) is 3. The lowest BCUT2D eigenvalue weighted by atomic mass is 10.0. The van der Waals surface area contributed by atoms with Crippen molar-refractivity contribution in [2.45, 2.75) is 199 Å². The predicted octanol–water partition coefficient (Wildman–Crippen LogP) is 8.49. The van der Waals surface area contributed by atoms with E-state index in [4.69, 9.17) is 14.2 Å². The van der Waals surface area contributed by atoms with Crippen molar-refractivity contribution in [2.75, 3.05) is 81.7 Å². The van der Waals surface area contributed by atoms with Crippen LogP contribution in [0, 0.1) is 0 Å². The number of nitrogens with zero attached hydrogens (tertiary/aromatic N) is 2. The number of esters is 3. The summed E-state index contributed by atoms with van der Waals surface area (Å²) in [5, 5.41) is 16.9. The minimum absolute atomic E-state index is 0.0113. The molecule has 368 valence electrons. The molecule has 0 heterocycles. The molecular weight excluding hydrogens is 801 g/mol. The number of carbonyl (C=O) groups is 5. The average molecular weight is 897 g/mol. The van der Waals surface area contributed by atoms with Crippen molar-refractivity contribution in [2.24, 2.45) is 0 Å². The topological polar surface area (TPSA) is 157 Å². The summed E-state index contributed by atoms with van der Waals surface area (Å²) < 4.78 is 17.6. The normalized spacial score (nSPS) is 12.8. The fourth-order valence-corrected chi connectivity index (χ4v) is 6.81. The zero-order chi connectivity index (χ0) is 47.0. The number of carbonyl (C=O) groups excluding carboxylic acids is 5. The van der Waals surface area contributed by atoms with Crippen LogP contribution in [0.3, 0.4) is 0 Å². The smallest absolute Gasteiger partial charge is 0.306 e. The fourth-order valence-electron chi connectivity index (χ4n) is 6.81. The first-order valence-corrected chi connectivity index (χ1v) is 25.0. The summed E-state index contributed by atoms with van der Waals surface area (Å²) in [5.74, 6) is -0.744. The molecule has 13 nitrogen and oxygen atoms in total. The van der Waals surface area contributed by atoms with Gasteiger partial charge in [-0.2, -0.15) is 0 Å². The fraction of sp³-hybridized carbons (Fsp3) is 0.860. The van der Waals surface area contributed by atoms with Crippen molar-refractivity contribution in [3.8, 4) is 0 Å². The monoisotopic (exact) mass is 897 g/mol. The van der Waals surface area contributed by atoms with E-state index >= 15 is 0 Å². The van der Waals surface area contributed by atoms with Crippen molar-refractivity contribution < 1.29 is 52.3 Å². The number of nitrogens with one attached hydrogen (secondary N) is 2. The first-order valence-electron chi connectivity index (χ1n) is 25.0. The molecule has 0 spiro atoms. The third-order valence-electron chi connectivity index (χ3n) is 11.0. The van der Waals surface area contributed by atoms with Gasteiger partial charge in [0.1, 0.15) is 32.4 Å². The number of quaternary nitrogens is 2. The van der Waals surface area contributed by atoms with Crippen molar-refractivity contribution in [3.63, 3.8) is 0 Å². The van der Waals surface area contributed by atoms with Gasteiger partial charge in [-0.15, -0.1) is 0 Å². The number of aliphatic hydroxyl groups excluding tert-OH is 1. The van der Waals surface area contributed by atoms with Gasteiger partial charge in [-0.25, -0.2) is 0 Å². The van der Waals surface area contributed by atoms with Crippen LogP contribution < -0.4 is 10.6 Å². The zero-order valence-corrected chi connectivity index (χ0v) is 41.5. The van der Waals surface area contributed by atoms with Crippen LogP contribution in [0.4, 0.5) is 0 Å². The Morgan fingerprint density at radius 1 is 0.508 bits per heavy atom. The standard InChI is InChI=1S/C50H94N4O9/c1-8-9-24-32-45(63-50(60)37-30-36-49(59)62-43-41-54(5,6)7)44(55)31-25-20-16-12-13-17-21-26-33-46(56)51-38-27-22-18-14-10-11-15-19-23-28-39-52-47(57)34-29-35-48(58)61-42-40-53(2,3)4/h20,25,44-45,55H,8-19,21-24,26-43H2,1-7H3/p+2/b25-20+. The molecule has 2 amide bonds. The van der Waals surface area contributed by atoms with Gasteiger partial charge >= 0.3 is 17.9 Å². The Morgan fingerprint density at radius 2 is 0.937 bits per heavy atom. The molecule has 63 heavy (non-hydrogen) atoms. The molecular formula is C50H96N4O9+2. The molecule has 0 aromatic rings. The van der Waals surface area contributed by atoms with E-state index in [2.05, 4.69) is 44.8 Å². The summed E-state index contributed by atoms with van der Waals surface area (Å²) in [6.07, 6.45) is 27.1. The van der Waals surface area contributed by atoms with E-state index in [9.17, 15) is 29.1 Å². The van der Waals surface area contributed by atoms with E-state index in [0.717, 1.165) is 108 Å². The second-order valence-corrected chi connectivity index (χ2v) is 19.5. The highest BCUT2D eigenvalue weighted by atomic mass is 16.6. The maximum absolute atomic E-state index is 12.5. The maximum atomic E-state index is 12.5. The first-order chi connectivity index (χ1) is 30.0. The number of allylic oxidation sites excluding steroid dienone is 1. The van der Waals surface area contributed by atoms with Gasteiger partial charge in [0.05, 0.1) is 48.4 Å². The average Bonchev–Trinajstić information content (AvgIpc) is 3.20. The minimum atomic E-state index is -0.756. The van der Waals surface area contributed by atoms with Gasteiger partial charge < -0.3 is 38.9 Å². The number of aliphatic hydroxyl groups is 1. The molecule has 0 bridgehead atoms. The molecule has 2 unspecified atom stereocenters. The van der Waals surface area contributed by atoms with Crippen LogP contribution in [-0.2, 0) is 38.2 Å². The van der Waals surface area contributed by atoms with E-state index < -0.39 is 12.2 Å². The van der Waals surface area contributed by atoms with E-state index in [1.807, 2.05) is 27.2 Å². The van der Waals surface area contributed by atoms with Gasteiger partial charge in [0.2, 0.25) is 11.8 Å². The Bertz CT molecular complexity index is 1220. The van der Waals surface area contributed by atoms with Gasteiger partial charge in [-0.3, -0.25) is 24.0 Å². The lowest BCUT2D eigenvalue weighted by Gasteiger charge is -2.23. The molecule has 0 aliphatic heterocycles. The van der Waals surface area contributed by atoms with E-state index in [-0.39, 0.29) is 49.0 Å². The number of hydrogen-bond donors (Lipinski definition) is 3. The Labute approximate surface area is 384 Å². The second-order valence-electron chi connectivity index (χ2n) is 19.5. The van der Waals surface area contributed by atoms with E-state index in [0.29, 0.717) is 62.8 Å². The van der Waals surface area contributed by atoms with E-state index in [1.54, 1.807) is 0 Å². The summed E-state index contributed by atoms with van der Waals surface area (Å²) in [6.45, 7) is 5.84. The quantitative estimate of drug-likeness (QED) is 0.0180. The van der Waals surface area contributed by atoms with Gasteiger partial charge in [0.15, 0.2) is 0 Å². The molecule has 0 aliphatic rings. The lowest BCUT2D eigenvalue weighted by Crippen LogP contribution is -2.38. The molecule has 13 heteroatoms. The lowest BCUT2D eigenvalue weighted by molar-refractivity contribution is -0.870. The van der Waals surface area contributed by atoms with Crippen LogP contribution in [0.2, 0.25) is 0 Å². The third-order valence-corrected chi connectivity index (χ3v) is 11.0. The molecule has 0 saturated heterocycles. The second kappa shape index (κ2) is 39.3. The Morgan fingerprint density at radius 3 is 1.43 bits per heavy atom. The zero-order valence-electron chi connectivity index (χ0n) is 41.5. The van der Waals surface area contributed by atoms with Gasteiger partial charge in [0, 0.05) is 45.2 Å². The largest absolute Gasteiger partial charge is 0.460 e. The number of amides is 2. The molecule has 0 fully saturated rings. The Balaban J connectivity index is 3.77. The summed E-state index contributed by atoms with van der Waals surface area (Å²) in [5.41, 5.74) is 0. The predicted molar refractivity (Wildman–Crippen MR) is 254 cm³/mol. The summed E-state index contributed by atoms with van der Waals surface area (Å²) in [7, 11) is 12.3. The van der Waals surface area contributed by atoms with Crippen LogP contribution in [0.25, 0.3) is 0 Å². The van der Waals surface area contributed by atoms with Crippen LogP contribution in [0.5, 0.6) is 0 Å². The van der Waals surface area contributed by atoms with Crippen molar-refractivity contribution in [1.29, 1.82) is 0 Å². The maximum Gasteiger partial charge on any atom is 0.306 e. The molecule has 0 saturated carbocycles. The van der Waals surface area contributed by atoms with E-state index in [1.165, 1.54) is 38.5 Å². The molecule has 0 radical (unpaired) electrons. The highest BCUT2D eigenvalue weighted by molar-refractivity contribution is 5.77. The summed E-state index contributed by atoms with van der Waals surface area (Å²) in [6, 6.07) is 0. The number of likely N-dealkylation sites (N-methyl/N-ethyl adjacent to an activating group) is 2. The van der Waals surface area contributed by atoms with Gasteiger partial charge in [-0.05, 0) is 64.2 Å². The van der Waals surface area contributed by atoms with Crippen LogP contribution in [0.15, 0.2) is 12.2 Å². The number of unbranched alkanes of at least 4 members (excludes halogenated alkanes) is 16. The summed E-state index contributed by atoms with van der Waals surface area (Å²) in [4.78, 5) is 60.6. The van der Waals surface area contributed by atoms with Gasteiger partial charge in [-0.1, -0.05) is 103 Å². The number of rotatable bonds is 43. The minimum Gasteiger partial charge on any atom is -0.460 e. The molecule has 0 rings (SSSR count). The highest BCUT2D eigenvalue weighted by Crippen LogP contribution is 2.17. The molecule has 0 aromatic heterocycles. The van der Waals surface area contributed by atoms with Crippen molar-refractivity contribution in [3.05, 3.63) is 12.2 Å². The van der Waals surface area contributed by atoms with Crippen LogP contribution >= 0.6 is 0 Å². The van der Waals surface area contributed by atoms with Crippen molar-refractivity contribution in [1.82, 2.24) is 10.6 Å². The Hall–Kier alpha value is -3.03. The SMILES string of the molecule is CCCCCC(OC(=O)CCCC(=O)OCC[N+](C)(C)C)C(O)C/C=C/CCCCCCCC(=O)NCCCCCCCCCCCCNC(=O)CCCC(=O)OCC[N+](C)(C)C. The third kappa shape index (κ3) is 44.0. The first kappa shape index (κ1) is 60.0. The van der Waals surface area contributed by atoms with Crippen LogP contribution in [0.1, 0.15) is 187 Å². The molecule has 2 atom stereocenters. The molecule has 3 N–H and O–H groups in total. The Kier molecular flexibility index (Phi) is 37.5. The molecule has 0 aliphatic carbocycles. The van der Waals surface area contributed by atoms with Gasteiger partial charge in [0.25, 0.3) is 0 Å².